The van der Waals surface area contributed by atoms with E-state index in [4.69, 9.17) is 5.73 Å². The van der Waals surface area contributed by atoms with E-state index in [0.29, 0.717) is 5.56 Å². The zero-order chi connectivity index (χ0) is 12.5. The average Bonchev–Trinajstić information content (AvgIpc) is 2.22. The predicted molar refractivity (Wildman–Crippen MR) is 58.9 cm³/mol. The topological polar surface area (TPSA) is 46.2 Å². The second-order valence-electron chi connectivity index (χ2n) is 4.35. The van der Waals surface area contributed by atoms with Crippen LogP contribution in [-0.2, 0) is 0 Å². The van der Waals surface area contributed by atoms with Gasteiger partial charge in [-0.05, 0) is 24.5 Å². The lowest BCUT2D eigenvalue weighted by molar-refractivity contribution is 0.0951. The van der Waals surface area contributed by atoms with Crippen molar-refractivity contribution in [2.75, 3.05) is 0 Å². The SMILES string of the molecule is Cc1ccc(F)c([C@H](N)[C@H](O)C(C)C)c1F. The van der Waals surface area contributed by atoms with Gasteiger partial charge in [0.05, 0.1) is 12.1 Å². The van der Waals surface area contributed by atoms with Crippen LogP contribution < -0.4 is 5.73 Å². The number of benzene rings is 1. The van der Waals surface area contributed by atoms with E-state index in [2.05, 4.69) is 0 Å². The predicted octanol–water partition coefficient (Wildman–Crippen LogP) is 2.29. The minimum absolute atomic E-state index is 0.158. The Morgan fingerprint density at radius 3 is 2.31 bits per heavy atom. The van der Waals surface area contributed by atoms with Crippen molar-refractivity contribution in [1.29, 1.82) is 0 Å². The highest BCUT2D eigenvalue weighted by atomic mass is 19.1. The molecule has 0 aliphatic rings. The van der Waals surface area contributed by atoms with Crippen LogP contribution in [0.15, 0.2) is 12.1 Å². The summed E-state index contributed by atoms with van der Waals surface area (Å²) in [5, 5.41) is 9.73. The summed E-state index contributed by atoms with van der Waals surface area (Å²) >= 11 is 0. The van der Waals surface area contributed by atoms with Gasteiger partial charge < -0.3 is 10.8 Å². The van der Waals surface area contributed by atoms with E-state index in [9.17, 15) is 13.9 Å². The lowest BCUT2D eigenvalue weighted by Crippen LogP contribution is -2.32. The van der Waals surface area contributed by atoms with Crippen LogP contribution in [0.4, 0.5) is 8.78 Å². The normalized spacial score (nSPS) is 15.2. The first-order valence-electron chi connectivity index (χ1n) is 5.24. The van der Waals surface area contributed by atoms with Crippen molar-refractivity contribution in [2.24, 2.45) is 11.7 Å². The molecule has 0 saturated heterocycles. The Labute approximate surface area is 94.1 Å². The molecule has 1 aromatic rings. The van der Waals surface area contributed by atoms with Gasteiger partial charge in [0.25, 0.3) is 0 Å². The smallest absolute Gasteiger partial charge is 0.133 e. The molecule has 1 rings (SSSR count). The highest BCUT2D eigenvalue weighted by Gasteiger charge is 2.26. The maximum absolute atomic E-state index is 13.7. The summed E-state index contributed by atoms with van der Waals surface area (Å²) in [6, 6.07) is 1.48. The van der Waals surface area contributed by atoms with Gasteiger partial charge in [-0.2, -0.15) is 0 Å². The second kappa shape index (κ2) is 4.89. The van der Waals surface area contributed by atoms with Gasteiger partial charge in [-0.25, -0.2) is 8.78 Å². The Balaban J connectivity index is 3.17. The van der Waals surface area contributed by atoms with Crippen molar-refractivity contribution in [2.45, 2.75) is 32.9 Å². The van der Waals surface area contributed by atoms with Crippen molar-refractivity contribution in [3.8, 4) is 0 Å². The maximum atomic E-state index is 13.7. The summed E-state index contributed by atoms with van der Waals surface area (Å²) in [5.41, 5.74) is 5.77. The standard InChI is InChI=1S/C12H17F2NO/c1-6(2)12(16)11(15)9-8(13)5-4-7(3)10(9)14/h4-6,11-12,16H,15H2,1-3H3/t11-,12+/m0/s1. The van der Waals surface area contributed by atoms with Gasteiger partial charge in [0.2, 0.25) is 0 Å². The van der Waals surface area contributed by atoms with Gasteiger partial charge in [-0.3, -0.25) is 0 Å². The van der Waals surface area contributed by atoms with Crippen LogP contribution in [0.25, 0.3) is 0 Å². The third-order valence-corrected chi connectivity index (χ3v) is 2.70. The molecule has 0 saturated carbocycles. The number of hydrogen-bond acceptors (Lipinski definition) is 2. The molecule has 16 heavy (non-hydrogen) atoms. The van der Waals surface area contributed by atoms with Gasteiger partial charge in [-0.15, -0.1) is 0 Å². The van der Waals surface area contributed by atoms with E-state index in [-0.39, 0.29) is 11.5 Å². The van der Waals surface area contributed by atoms with Crippen molar-refractivity contribution in [1.82, 2.24) is 0 Å². The van der Waals surface area contributed by atoms with E-state index in [1.807, 2.05) is 0 Å². The largest absolute Gasteiger partial charge is 0.391 e. The van der Waals surface area contributed by atoms with Crippen LogP contribution in [0, 0.1) is 24.5 Å². The van der Waals surface area contributed by atoms with Crippen molar-refractivity contribution in [3.05, 3.63) is 34.9 Å². The number of aliphatic hydroxyl groups excluding tert-OH is 1. The molecule has 0 unspecified atom stereocenters. The minimum Gasteiger partial charge on any atom is -0.391 e. The average molecular weight is 229 g/mol. The Bertz CT molecular complexity index is 380. The Morgan fingerprint density at radius 2 is 1.81 bits per heavy atom. The van der Waals surface area contributed by atoms with E-state index >= 15 is 0 Å². The molecule has 0 aliphatic heterocycles. The molecule has 3 N–H and O–H groups in total. The molecule has 4 heteroatoms. The van der Waals surface area contributed by atoms with Crippen LogP contribution in [0.2, 0.25) is 0 Å². The summed E-state index contributed by atoms with van der Waals surface area (Å²) in [5.74, 6) is -1.54. The molecule has 90 valence electrons. The molecular formula is C12H17F2NO. The molecule has 2 atom stereocenters. The lowest BCUT2D eigenvalue weighted by Gasteiger charge is -2.23. The summed E-state index contributed by atoms with van der Waals surface area (Å²) < 4.78 is 27.2. The second-order valence-corrected chi connectivity index (χ2v) is 4.35. The highest BCUT2D eigenvalue weighted by molar-refractivity contribution is 5.29. The first kappa shape index (κ1) is 13.1. The van der Waals surface area contributed by atoms with E-state index in [1.54, 1.807) is 13.8 Å². The van der Waals surface area contributed by atoms with Gasteiger partial charge in [0.15, 0.2) is 0 Å². The minimum atomic E-state index is -1.04. The van der Waals surface area contributed by atoms with Gasteiger partial charge in [0, 0.05) is 5.56 Å². The Hall–Kier alpha value is -1.00. The van der Waals surface area contributed by atoms with Crippen LogP contribution in [0.1, 0.15) is 31.0 Å². The van der Waals surface area contributed by atoms with Crippen LogP contribution in [0.5, 0.6) is 0 Å². The van der Waals surface area contributed by atoms with E-state index in [0.717, 1.165) is 0 Å². The van der Waals surface area contributed by atoms with Crippen molar-refractivity contribution < 1.29 is 13.9 Å². The molecule has 0 bridgehead atoms. The van der Waals surface area contributed by atoms with Crippen molar-refractivity contribution >= 4 is 0 Å². The summed E-state index contributed by atoms with van der Waals surface area (Å²) in [6.45, 7) is 5.03. The fourth-order valence-corrected chi connectivity index (χ4v) is 1.57. The molecule has 2 nitrogen and oxygen atoms in total. The van der Waals surface area contributed by atoms with E-state index in [1.165, 1.54) is 19.1 Å². The number of aliphatic hydroxyl groups is 1. The maximum Gasteiger partial charge on any atom is 0.133 e. The van der Waals surface area contributed by atoms with Gasteiger partial charge in [-0.1, -0.05) is 19.9 Å². The zero-order valence-electron chi connectivity index (χ0n) is 9.67. The molecule has 0 amide bonds. The monoisotopic (exact) mass is 229 g/mol. The number of hydrogen-bond donors (Lipinski definition) is 2. The Kier molecular flexibility index (Phi) is 3.99. The first-order chi connectivity index (χ1) is 7.36. The van der Waals surface area contributed by atoms with Crippen molar-refractivity contribution in [3.63, 3.8) is 0 Å². The zero-order valence-corrected chi connectivity index (χ0v) is 9.67. The fourth-order valence-electron chi connectivity index (χ4n) is 1.57. The number of aryl methyl sites for hydroxylation is 1. The van der Waals surface area contributed by atoms with Crippen LogP contribution >= 0.6 is 0 Å². The quantitative estimate of drug-likeness (QED) is 0.835. The summed E-state index contributed by atoms with van der Waals surface area (Å²) in [7, 11) is 0. The number of nitrogens with two attached hydrogens (primary N) is 1. The van der Waals surface area contributed by atoms with E-state index < -0.39 is 23.8 Å². The molecule has 0 aromatic heterocycles. The Morgan fingerprint density at radius 1 is 1.25 bits per heavy atom. The molecule has 1 aromatic carbocycles. The number of rotatable bonds is 3. The molecule has 0 spiro atoms. The molecule has 0 aliphatic carbocycles. The molecule has 0 heterocycles. The van der Waals surface area contributed by atoms with Gasteiger partial charge >= 0.3 is 0 Å². The van der Waals surface area contributed by atoms with Crippen LogP contribution in [0.3, 0.4) is 0 Å². The van der Waals surface area contributed by atoms with Gasteiger partial charge in [0.1, 0.15) is 11.6 Å². The highest BCUT2D eigenvalue weighted by Crippen LogP contribution is 2.26. The third kappa shape index (κ3) is 2.39. The third-order valence-electron chi connectivity index (χ3n) is 2.70. The lowest BCUT2D eigenvalue weighted by atomic mass is 9.93. The molecular weight excluding hydrogens is 212 g/mol. The molecule has 0 fully saturated rings. The summed E-state index contributed by atoms with van der Waals surface area (Å²) in [6.07, 6.45) is -0.967. The molecule has 0 radical (unpaired) electrons. The number of halogens is 2. The summed E-state index contributed by atoms with van der Waals surface area (Å²) in [4.78, 5) is 0. The first-order valence-corrected chi connectivity index (χ1v) is 5.24. The fraction of sp³-hybridized carbons (Fsp3) is 0.500. The van der Waals surface area contributed by atoms with Crippen LogP contribution in [-0.4, -0.2) is 11.2 Å².